The molecule has 8 aliphatic carbocycles. The lowest BCUT2D eigenvalue weighted by molar-refractivity contribution is -0.00530. The van der Waals surface area contributed by atoms with E-state index in [0.29, 0.717) is 33.9 Å². The number of rotatable bonds is 7. The maximum atomic E-state index is 9.67. The lowest BCUT2D eigenvalue weighted by Crippen LogP contribution is -2.48. The van der Waals surface area contributed by atoms with Crippen LogP contribution >= 0.6 is 0 Å². The van der Waals surface area contributed by atoms with Crippen LogP contribution in [-0.4, -0.2) is 15.0 Å². The molecule has 62 heavy (non-hydrogen) atoms. The molecule has 8 bridgehead atoms. The summed E-state index contributed by atoms with van der Waals surface area (Å²) in [5, 5.41) is 11.7. The largest absolute Gasteiger partial charge is 0.208 e. The van der Waals surface area contributed by atoms with E-state index in [9.17, 15) is 5.26 Å². The quantitative estimate of drug-likeness (QED) is 0.161. The number of benzene rings is 6. The molecule has 8 saturated carbocycles. The second-order valence-electron chi connectivity index (χ2n) is 20.9. The number of nitrogens with zero attached hydrogens (tertiary/aromatic N) is 4. The van der Waals surface area contributed by atoms with E-state index in [1.54, 1.807) is 11.1 Å². The molecule has 1 heterocycles. The first-order valence-corrected chi connectivity index (χ1v) is 23.5. The minimum Gasteiger partial charge on any atom is -0.208 e. The Hall–Kier alpha value is -5.92. The van der Waals surface area contributed by atoms with Crippen LogP contribution in [0.5, 0.6) is 0 Å². The summed E-state index contributed by atoms with van der Waals surface area (Å²) in [4.78, 5) is 15.6. The molecule has 0 aliphatic heterocycles. The molecule has 0 N–H and O–H groups in total. The Kier molecular flexibility index (Phi) is 8.32. The monoisotopic (exact) mass is 804 g/mol. The molecule has 4 nitrogen and oxygen atoms in total. The van der Waals surface area contributed by atoms with Crippen LogP contribution < -0.4 is 0 Å². The molecule has 0 unspecified atom stereocenters. The van der Waals surface area contributed by atoms with Crippen molar-refractivity contribution in [1.82, 2.24) is 15.0 Å². The molecule has 8 aliphatic rings. The van der Waals surface area contributed by atoms with Gasteiger partial charge in [0.25, 0.3) is 0 Å². The number of hydrogen-bond donors (Lipinski definition) is 0. The van der Waals surface area contributed by atoms with Gasteiger partial charge in [0.05, 0.1) is 11.6 Å². The van der Waals surface area contributed by atoms with Gasteiger partial charge in [0, 0.05) is 16.7 Å². The Bertz CT molecular complexity index is 2720. The van der Waals surface area contributed by atoms with E-state index in [1.165, 1.54) is 88.2 Å². The van der Waals surface area contributed by atoms with Crippen LogP contribution in [0.2, 0.25) is 0 Å². The second-order valence-corrected chi connectivity index (χ2v) is 20.9. The van der Waals surface area contributed by atoms with Crippen LogP contribution in [0.4, 0.5) is 0 Å². The van der Waals surface area contributed by atoms with Crippen LogP contribution in [0, 0.1) is 46.8 Å². The first-order chi connectivity index (χ1) is 30.4. The van der Waals surface area contributed by atoms with Crippen molar-refractivity contribution in [3.05, 3.63) is 150 Å². The summed E-state index contributed by atoms with van der Waals surface area (Å²) >= 11 is 0. The highest BCUT2D eigenvalue weighted by molar-refractivity contribution is 5.88. The van der Waals surface area contributed by atoms with Gasteiger partial charge in [-0.1, -0.05) is 103 Å². The van der Waals surface area contributed by atoms with E-state index in [1.807, 2.05) is 18.2 Å². The van der Waals surface area contributed by atoms with E-state index >= 15 is 0 Å². The van der Waals surface area contributed by atoms with Gasteiger partial charge in [0.1, 0.15) is 0 Å². The Morgan fingerprint density at radius 2 is 0.742 bits per heavy atom. The van der Waals surface area contributed by atoms with Crippen molar-refractivity contribution in [3.63, 3.8) is 0 Å². The van der Waals surface area contributed by atoms with Crippen LogP contribution in [0.1, 0.15) is 93.7 Å². The van der Waals surface area contributed by atoms with Crippen LogP contribution in [0.3, 0.4) is 0 Å². The maximum absolute atomic E-state index is 9.67. The van der Waals surface area contributed by atoms with Gasteiger partial charge in [-0.2, -0.15) is 5.26 Å². The van der Waals surface area contributed by atoms with Crippen LogP contribution in [0.25, 0.3) is 67.2 Å². The number of hydrogen-bond acceptors (Lipinski definition) is 4. The summed E-state index contributed by atoms with van der Waals surface area (Å²) in [7, 11) is 0. The number of nitriles is 1. The van der Waals surface area contributed by atoms with Gasteiger partial charge >= 0.3 is 0 Å². The lowest BCUT2D eigenvalue weighted by Gasteiger charge is -2.57. The van der Waals surface area contributed by atoms with Crippen molar-refractivity contribution in [3.8, 4) is 62.5 Å². The predicted molar refractivity (Wildman–Crippen MR) is 249 cm³/mol. The van der Waals surface area contributed by atoms with Gasteiger partial charge < -0.3 is 0 Å². The summed E-state index contributed by atoms with van der Waals surface area (Å²) in [5.74, 6) is 7.50. The third kappa shape index (κ3) is 6.25. The van der Waals surface area contributed by atoms with E-state index in [-0.39, 0.29) is 0 Å². The Balaban J connectivity index is 0.856. The minimum absolute atomic E-state index is 0.389. The molecule has 0 spiro atoms. The third-order valence-corrected chi connectivity index (χ3v) is 16.8. The third-order valence-electron chi connectivity index (χ3n) is 16.8. The molecule has 0 radical (unpaired) electrons. The zero-order valence-electron chi connectivity index (χ0n) is 35.4. The van der Waals surface area contributed by atoms with Gasteiger partial charge in [0.2, 0.25) is 0 Å². The molecule has 1 aromatic heterocycles. The first-order valence-electron chi connectivity index (χ1n) is 23.5. The summed E-state index contributed by atoms with van der Waals surface area (Å²) in [6, 6.07) is 51.0. The molecule has 7 aromatic rings. The van der Waals surface area contributed by atoms with Gasteiger partial charge in [-0.15, -0.1) is 0 Å². The van der Waals surface area contributed by atoms with Crippen molar-refractivity contribution in [2.75, 3.05) is 0 Å². The molecule has 6 aromatic carbocycles. The van der Waals surface area contributed by atoms with Gasteiger partial charge in [-0.05, 0) is 198 Å². The topological polar surface area (TPSA) is 62.5 Å². The molecular formula is C58H52N4. The van der Waals surface area contributed by atoms with Crippen LogP contribution in [0.15, 0.2) is 133 Å². The van der Waals surface area contributed by atoms with E-state index in [0.717, 1.165) is 74.1 Å². The van der Waals surface area contributed by atoms with Crippen molar-refractivity contribution < 1.29 is 0 Å². The molecule has 0 amide bonds. The molecule has 4 heteroatoms. The molecule has 0 saturated heterocycles. The fourth-order valence-corrected chi connectivity index (χ4v) is 14.9. The zero-order chi connectivity index (χ0) is 41.0. The average Bonchev–Trinajstić information content (AvgIpc) is 3.30. The summed E-state index contributed by atoms with van der Waals surface area (Å²) in [6.07, 6.45) is 17.1. The van der Waals surface area contributed by atoms with Crippen molar-refractivity contribution >= 4 is 10.8 Å². The van der Waals surface area contributed by atoms with Gasteiger partial charge in [0.15, 0.2) is 17.5 Å². The fourth-order valence-electron chi connectivity index (χ4n) is 14.9. The maximum Gasteiger partial charge on any atom is 0.164 e. The summed E-state index contributed by atoms with van der Waals surface area (Å²) < 4.78 is 0. The highest BCUT2D eigenvalue weighted by Crippen LogP contribution is 2.62. The lowest BCUT2D eigenvalue weighted by atomic mass is 9.48. The van der Waals surface area contributed by atoms with Gasteiger partial charge in [-0.25, -0.2) is 15.0 Å². The normalized spacial score (nSPS) is 29.0. The van der Waals surface area contributed by atoms with Crippen molar-refractivity contribution in [1.29, 1.82) is 5.26 Å². The summed E-state index contributed by atoms with van der Waals surface area (Å²) in [6.45, 7) is 0. The SMILES string of the molecule is N#Cc1ccc2ccc(-c3nc(-c4cccc(-c5ccc(C67C[C@H]8C[C@@H](C6)C[C@@H](C7)C8)cc5)c4)nc(-c4cccc(-c5ccc(C67C[C@H]8C[C@H](C6)C[C@@H](C7)C8)cc5)c4)n3)cc2c1. The Morgan fingerprint density at radius 1 is 0.371 bits per heavy atom. The fraction of sp³-hybridized carbons (Fsp3) is 0.345. The molecule has 304 valence electrons. The zero-order valence-corrected chi connectivity index (χ0v) is 35.4. The number of aromatic nitrogens is 3. The highest BCUT2D eigenvalue weighted by atomic mass is 15.0. The number of fused-ring (bicyclic) bond motifs is 1. The Labute approximate surface area is 365 Å². The van der Waals surface area contributed by atoms with E-state index in [2.05, 4.69) is 121 Å². The molecule has 15 rings (SSSR count). The minimum atomic E-state index is 0.389. The van der Waals surface area contributed by atoms with Crippen molar-refractivity contribution in [2.45, 2.75) is 87.9 Å². The smallest absolute Gasteiger partial charge is 0.164 e. The van der Waals surface area contributed by atoms with Crippen LogP contribution in [-0.2, 0) is 10.8 Å². The van der Waals surface area contributed by atoms with Gasteiger partial charge in [-0.3, -0.25) is 0 Å². The van der Waals surface area contributed by atoms with E-state index < -0.39 is 0 Å². The average molecular weight is 805 g/mol. The molecular weight excluding hydrogens is 753 g/mol. The molecule has 8 fully saturated rings. The van der Waals surface area contributed by atoms with Crippen molar-refractivity contribution in [2.24, 2.45) is 35.5 Å². The summed E-state index contributed by atoms with van der Waals surface area (Å²) in [5.41, 5.74) is 12.1. The van der Waals surface area contributed by atoms with E-state index in [4.69, 9.17) is 15.0 Å². The Morgan fingerprint density at radius 3 is 1.16 bits per heavy atom. The highest BCUT2D eigenvalue weighted by Gasteiger charge is 2.52. The predicted octanol–water partition coefficient (Wildman–Crippen LogP) is 14.2. The standard InChI is InChI=1S/C58H52N4/c59-35-36-7-8-45-9-10-50(28-51(45)25-36)56-61-54(48-5-1-3-46(26-48)43-11-15-52(16-12-43)57-29-37-19-38(30-57)21-39(20-37)31-57)60-55(62-56)49-6-2-4-47(27-49)44-13-17-53(18-14-44)58-32-40-22-41(33-58)24-42(23-40)34-58/h1-18,25-28,37-42H,19-24,29-34H2/t37-,38-,39-,40-,41+,42-,57?,58?. The second kappa shape index (κ2) is 14.0. The molecule has 0 atom stereocenters. The first kappa shape index (κ1) is 36.7.